The van der Waals surface area contributed by atoms with E-state index >= 15 is 0 Å². The van der Waals surface area contributed by atoms with Crippen LogP contribution in [0.4, 0.5) is 0 Å². The van der Waals surface area contributed by atoms with Crippen molar-refractivity contribution in [1.82, 2.24) is 9.97 Å². The summed E-state index contributed by atoms with van der Waals surface area (Å²) in [5.74, 6) is 0.833. The van der Waals surface area contributed by atoms with Gasteiger partial charge >= 0.3 is 0 Å². The Kier molecular flexibility index (Phi) is 6.10. The predicted molar refractivity (Wildman–Crippen MR) is 83.8 cm³/mol. The second-order valence-electron chi connectivity index (χ2n) is 4.14. The molecule has 0 radical (unpaired) electrons. The highest BCUT2D eigenvalue weighted by atomic mass is 14.9. The van der Waals surface area contributed by atoms with Gasteiger partial charge in [-0.3, -0.25) is 0 Å². The number of aromatic nitrogens is 2. The van der Waals surface area contributed by atoms with Gasteiger partial charge in [0.1, 0.15) is 5.82 Å². The molecule has 1 N–H and O–H groups in total. The van der Waals surface area contributed by atoms with Gasteiger partial charge in [-0.25, -0.2) is 4.98 Å². The van der Waals surface area contributed by atoms with E-state index in [1.807, 2.05) is 30.5 Å². The van der Waals surface area contributed by atoms with Crippen LogP contribution in [0.1, 0.15) is 18.4 Å². The van der Waals surface area contributed by atoms with Crippen molar-refractivity contribution in [3.63, 3.8) is 0 Å². The number of allylic oxidation sites excluding steroid dienone is 9. The quantitative estimate of drug-likeness (QED) is 0.716. The lowest BCUT2D eigenvalue weighted by Crippen LogP contribution is -1.88. The number of hydrogen-bond donors (Lipinski definition) is 1. The van der Waals surface area contributed by atoms with E-state index in [1.54, 1.807) is 18.2 Å². The zero-order valence-corrected chi connectivity index (χ0v) is 11.4. The Balaban J connectivity index is 2.93. The van der Waals surface area contributed by atoms with Gasteiger partial charge in [-0.15, -0.1) is 0 Å². The molecule has 0 fully saturated rings. The highest BCUT2D eigenvalue weighted by Crippen LogP contribution is 2.14. The number of hydrogen-bond acceptors (Lipinski definition) is 1. The van der Waals surface area contributed by atoms with Gasteiger partial charge in [-0.1, -0.05) is 67.8 Å². The monoisotopic (exact) mass is 252 g/mol. The van der Waals surface area contributed by atoms with Crippen LogP contribution < -0.4 is 0 Å². The van der Waals surface area contributed by atoms with Gasteiger partial charge in [0.25, 0.3) is 0 Å². The van der Waals surface area contributed by atoms with Crippen molar-refractivity contribution >= 4 is 5.57 Å². The molecule has 0 aliphatic heterocycles. The topological polar surface area (TPSA) is 28.7 Å². The normalized spacial score (nSPS) is 12.7. The Morgan fingerprint density at radius 3 is 2.58 bits per heavy atom. The summed E-state index contributed by atoms with van der Waals surface area (Å²) in [6, 6.07) is 0. The van der Waals surface area contributed by atoms with Crippen LogP contribution in [0.25, 0.3) is 5.57 Å². The van der Waals surface area contributed by atoms with Crippen LogP contribution in [-0.2, 0) is 6.42 Å². The van der Waals surface area contributed by atoms with Crippen molar-refractivity contribution in [3.8, 4) is 0 Å². The van der Waals surface area contributed by atoms with E-state index in [0.717, 1.165) is 23.5 Å². The summed E-state index contributed by atoms with van der Waals surface area (Å²) in [7, 11) is 0. The molecule has 0 saturated heterocycles. The third-order valence-corrected chi connectivity index (χ3v) is 2.48. The van der Waals surface area contributed by atoms with Gasteiger partial charge < -0.3 is 4.98 Å². The molecule has 1 aromatic heterocycles. The van der Waals surface area contributed by atoms with Crippen LogP contribution in [0.2, 0.25) is 0 Å². The van der Waals surface area contributed by atoms with E-state index in [1.165, 1.54) is 5.57 Å². The average molecular weight is 252 g/mol. The molecule has 0 aromatic carbocycles. The first-order valence-corrected chi connectivity index (χ1v) is 6.15. The van der Waals surface area contributed by atoms with E-state index in [9.17, 15) is 0 Å². The smallest absolute Gasteiger partial charge is 0.137 e. The molecule has 0 bridgehead atoms. The minimum Gasteiger partial charge on any atom is -0.342 e. The number of nitrogens with zero attached hydrogens (tertiary/aromatic N) is 1. The second-order valence-corrected chi connectivity index (χ2v) is 4.14. The van der Waals surface area contributed by atoms with Crippen molar-refractivity contribution in [2.24, 2.45) is 0 Å². The fourth-order valence-corrected chi connectivity index (χ4v) is 1.67. The van der Waals surface area contributed by atoms with Gasteiger partial charge in [0.2, 0.25) is 0 Å². The summed E-state index contributed by atoms with van der Waals surface area (Å²) in [6.45, 7) is 13.1. The minimum atomic E-state index is 0.833. The van der Waals surface area contributed by atoms with E-state index in [-0.39, 0.29) is 0 Å². The zero-order chi connectivity index (χ0) is 14.1. The van der Waals surface area contributed by atoms with E-state index in [4.69, 9.17) is 0 Å². The summed E-state index contributed by atoms with van der Waals surface area (Å²) in [5, 5.41) is 0. The molecule has 19 heavy (non-hydrogen) atoms. The second kappa shape index (κ2) is 7.88. The van der Waals surface area contributed by atoms with Crippen molar-refractivity contribution < 1.29 is 0 Å². The standard InChI is InChI=1S/C17H20N2/c1-5-8-11-15(10-7-3)17-18-13-16(19-17)12-14(4)9-6-2/h5-11,13H,1-3,12H2,4H3,(H,18,19)/b11-8-,14-9+,15-10+. The number of imidazole rings is 1. The van der Waals surface area contributed by atoms with Crippen LogP contribution >= 0.6 is 0 Å². The van der Waals surface area contributed by atoms with Gasteiger partial charge in [-0.2, -0.15) is 0 Å². The Morgan fingerprint density at radius 1 is 1.21 bits per heavy atom. The Hall–Kier alpha value is -2.35. The maximum atomic E-state index is 4.39. The van der Waals surface area contributed by atoms with Crippen LogP contribution in [-0.4, -0.2) is 9.97 Å². The average Bonchev–Trinajstić information content (AvgIpc) is 2.83. The van der Waals surface area contributed by atoms with E-state index in [2.05, 4.69) is 36.6 Å². The lowest BCUT2D eigenvalue weighted by molar-refractivity contribution is 1.07. The Labute approximate surface area is 115 Å². The first-order chi connectivity index (χ1) is 9.21. The molecule has 0 atom stereocenters. The maximum absolute atomic E-state index is 4.39. The SMILES string of the molecule is C=C/C=C\C(=C/C=C)c1ncc(C/C(C)=C/C=C)[nH]1. The van der Waals surface area contributed by atoms with Crippen molar-refractivity contribution in [2.45, 2.75) is 13.3 Å². The summed E-state index contributed by atoms with van der Waals surface area (Å²) < 4.78 is 0. The van der Waals surface area contributed by atoms with E-state index in [0.29, 0.717) is 0 Å². The van der Waals surface area contributed by atoms with Crippen LogP contribution in [0.15, 0.2) is 74.0 Å². The minimum absolute atomic E-state index is 0.833. The molecular formula is C17H20N2. The lowest BCUT2D eigenvalue weighted by Gasteiger charge is -1.98. The van der Waals surface area contributed by atoms with Crippen LogP contribution in [0.3, 0.4) is 0 Å². The Bertz CT molecular complexity index is 539. The fourth-order valence-electron chi connectivity index (χ4n) is 1.67. The van der Waals surface area contributed by atoms with Crippen molar-refractivity contribution in [1.29, 1.82) is 0 Å². The molecule has 0 spiro atoms. The third-order valence-electron chi connectivity index (χ3n) is 2.48. The summed E-state index contributed by atoms with van der Waals surface area (Å²) in [6.07, 6.45) is 15.7. The van der Waals surface area contributed by atoms with Crippen molar-refractivity contribution in [3.05, 3.63) is 85.6 Å². The highest BCUT2D eigenvalue weighted by Gasteiger charge is 2.03. The van der Waals surface area contributed by atoms with Crippen LogP contribution in [0, 0.1) is 0 Å². The summed E-state index contributed by atoms with van der Waals surface area (Å²) in [4.78, 5) is 7.70. The number of aromatic amines is 1. The van der Waals surface area contributed by atoms with Gasteiger partial charge in [0.15, 0.2) is 0 Å². The molecule has 1 heterocycles. The Morgan fingerprint density at radius 2 is 1.95 bits per heavy atom. The van der Waals surface area contributed by atoms with E-state index < -0.39 is 0 Å². The number of H-pyrrole nitrogens is 1. The molecular weight excluding hydrogens is 232 g/mol. The maximum Gasteiger partial charge on any atom is 0.137 e. The van der Waals surface area contributed by atoms with Gasteiger partial charge in [0, 0.05) is 23.9 Å². The number of rotatable bonds is 7. The van der Waals surface area contributed by atoms with Gasteiger partial charge in [-0.05, 0) is 6.92 Å². The molecule has 0 unspecified atom stereocenters. The fraction of sp³-hybridized carbons (Fsp3) is 0.118. The molecule has 2 heteroatoms. The molecule has 2 nitrogen and oxygen atoms in total. The predicted octanol–water partition coefficient (Wildman–Crippen LogP) is 4.40. The van der Waals surface area contributed by atoms with Crippen LogP contribution in [0.5, 0.6) is 0 Å². The summed E-state index contributed by atoms with van der Waals surface area (Å²) in [5.41, 5.74) is 3.29. The molecule has 0 amide bonds. The molecule has 1 aromatic rings. The molecule has 0 saturated carbocycles. The molecule has 0 aliphatic carbocycles. The summed E-state index contributed by atoms with van der Waals surface area (Å²) >= 11 is 0. The number of nitrogens with one attached hydrogen (secondary N) is 1. The van der Waals surface area contributed by atoms with Gasteiger partial charge in [0.05, 0.1) is 0 Å². The third kappa shape index (κ3) is 4.80. The molecule has 1 rings (SSSR count). The molecule has 98 valence electrons. The zero-order valence-electron chi connectivity index (χ0n) is 11.4. The first kappa shape index (κ1) is 14.7. The lowest BCUT2D eigenvalue weighted by atomic mass is 10.1. The first-order valence-electron chi connectivity index (χ1n) is 6.15. The largest absolute Gasteiger partial charge is 0.342 e. The van der Waals surface area contributed by atoms with Crippen molar-refractivity contribution in [2.75, 3.05) is 0 Å². The highest BCUT2D eigenvalue weighted by molar-refractivity contribution is 5.71. The molecule has 0 aliphatic rings.